The van der Waals surface area contributed by atoms with Gasteiger partial charge in [-0.15, -0.1) is 11.3 Å². The van der Waals surface area contributed by atoms with Gasteiger partial charge in [0.15, 0.2) is 0 Å². The lowest BCUT2D eigenvalue weighted by atomic mass is 10.2. The lowest BCUT2D eigenvalue weighted by molar-refractivity contribution is 0.508. The van der Waals surface area contributed by atoms with E-state index in [1.807, 2.05) is 0 Å². The van der Waals surface area contributed by atoms with Gasteiger partial charge in [0, 0.05) is 18.3 Å². The van der Waals surface area contributed by atoms with Gasteiger partial charge in [0.2, 0.25) is 0 Å². The van der Waals surface area contributed by atoms with Gasteiger partial charge in [0.05, 0.1) is 3.79 Å². The number of thioether (sulfide) groups is 1. The Balaban J connectivity index is 1.76. The molecule has 1 unspecified atom stereocenters. The molecule has 14 heavy (non-hydrogen) atoms. The summed E-state index contributed by atoms with van der Waals surface area (Å²) in [5, 5.41) is 5.83. The van der Waals surface area contributed by atoms with Crippen molar-refractivity contribution < 1.29 is 0 Å². The molecular formula is C10H14BrNS2. The van der Waals surface area contributed by atoms with E-state index in [4.69, 9.17) is 0 Å². The normalized spacial score (nSPS) is 22.5. The summed E-state index contributed by atoms with van der Waals surface area (Å²) < 4.78 is 1.23. The van der Waals surface area contributed by atoms with E-state index in [1.165, 1.54) is 33.7 Å². The molecule has 4 heteroatoms. The minimum atomic E-state index is 0.729. The molecule has 1 nitrogen and oxygen atoms in total. The van der Waals surface area contributed by atoms with Crippen LogP contribution in [0.4, 0.5) is 0 Å². The molecule has 1 N–H and O–H groups in total. The standard InChI is InChI=1S/C10H14BrNS2/c11-10-4-8(6-14-10)5-12-9-2-1-3-13-7-9/h4,6,9,12H,1-3,5,7H2. The third-order valence-corrected chi connectivity index (χ3v) is 5.15. The van der Waals surface area contributed by atoms with Crippen molar-refractivity contribution in [1.29, 1.82) is 0 Å². The van der Waals surface area contributed by atoms with E-state index in [0.717, 1.165) is 12.6 Å². The zero-order chi connectivity index (χ0) is 9.80. The lowest BCUT2D eigenvalue weighted by Gasteiger charge is -2.22. The summed E-state index contributed by atoms with van der Waals surface area (Å²) >= 11 is 7.32. The van der Waals surface area contributed by atoms with Crippen LogP contribution < -0.4 is 5.32 Å². The first-order valence-electron chi connectivity index (χ1n) is 4.88. The molecule has 0 amide bonds. The van der Waals surface area contributed by atoms with E-state index in [1.54, 1.807) is 11.3 Å². The molecular weight excluding hydrogens is 278 g/mol. The van der Waals surface area contributed by atoms with Crippen LogP contribution in [-0.2, 0) is 6.54 Å². The third kappa shape index (κ3) is 3.26. The van der Waals surface area contributed by atoms with Gasteiger partial charge in [0.1, 0.15) is 0 Å². The minimum absolute atomic E-state index is 0.729. The number of nitrogens with one attached hydrogen (secondary N) is 1. The lowest BCUT2D eigenvalue weighted by Crippen LogP contribution is -2.33. The van der Waals surface area contributed by atoms with Crippen molar-refractivity contribution >= 4 is 39.0 Å². The third-order valence-electron chi connectivity index (χ3n) is 2.38. The first kappa shape index (κ1) is 11.0. The summed E-state index contributed by atoms with van der Waals surface area (Å²) in [7, 11) is 0. The van der Waals surface area contributed by atoms with Crippen LogP contribution in [0.25, 0.3) is 0 Å². The highest BCUT2D eigenvalue weighted by atomic mass is 79.9. The molecule has 1 atom stereocenters. The van der Waals surface area contributed by atoms with E-state index in [2.05, 4.69) is 44.5 Å². The highest BCUT2D eigenvalue weighted by Crippen LogP contribution is 2.21. The summed E-state index contributed by atoms with van der Waals surface area (Å²) in [6.45, 7) is 1.02. The fourth-order valence-electron chi connectivity index (χ4n) is 1.60. The van der Waals surface area contributed by atoms with Crippen molar-refractivity contribution in [3.8, 4) is 0 Å². The van der Waals surface area contributed by atoms with Crippen molar-refractivity contribution in [2.75, 3.05) is 11.5 Å². The van der Waals surface area contributed by atoms with Crippen LogP contribution in [-0.4, -0.2) is 17.5 Å². The quantitative estimate of drug-likeness (QED) is 0.915. The Kier molecular flexibility index (Phi) is 4.35. The molecule has 2 heterocycles. The predicted octanol–water partition coefficient (Wildman–Crippen LogP) is 3.50. The summed E-state index contributed by atoms with van der Waals surface area (Å²) in [4.78, 5) is 0. The molecule has 0 aromatic carbocycles. The molecule has 1 aliphatic rings. The number of hydrogen-bond acceptors (Lipinski definition) is 3. The number of rotatable bonds is 3. The summed E-state index contributed by atoms with van der Waals surface area (Å²) in [5.41, 5.74) is 1.40. The van der Waals surface area contributed by atoms with Crippen LogP contribution in [0.5, 0.6) is 0 Å². The SMILES string of the molecule is Brc1cc(CNC2CCCSC2)cs1. The maximum absolute atomic E-state index is 3.62. The summed E-state index contributed by atoms with van der Waals surface area (Å²) in [6.07, 6.45) is 2.72. The Morgan fingerprint density at radius 1 is 1.57 bits per heavy atom. The Hall–Kier alpha value is 0.490. The van der Waals surface area contributed by atoms with Gasteiger partial charge in [0.25, 0.3) is 0 Å². The first-order valence-corrected chi connectivity index (χ1v) is 7.71. The Morgan fingerprint density at radius 3 is 3.14 bits per heavy atom. The number of halogens is 1. The Bertz CT molecular complexity index is 281. The molecule has 1 aromatic heterocycles. The minimum Gasteiger partial charge on any atom is -0.309 e. The van der Waals surface area contributed by atoms with Gasteiger partial charge < -0.3 is 5.32 Å². The molecule has 1 aromatic rings. The van der Waals surface area contributed by atoms with Crippen molar-refractivity contribution in [3.63, 3.8) is 0 Å². The summed E-state index contributed by atoms with van der Waals surface area (Å²) in [6, 6.07) is 2.93. The highest BCUT2D eigenvalue weighted by molar-refractivity contribution is 9.11. The van der Waals surface area contributed by atoms with Crippen LogP contribution in [0.2, 0.25) is 0 Å². The van der Waals surface area contributed by atoms with Crippen LogP contribution in [0, 0.1) is 0 Å². The van der Waals surface area contributed by atoms with E-state index >= 15 is 0 Å². The molecule has 0 spiro atoms. The van der Waals surface area contributed by atoms with E-state index in [9.17, 15) is 0 Å². The average Bonchev–Trinajstić information content (AvgIpc) is 2.63. The zero-order valence-corrected chi connectivity index (χ0v) is 11.2. The zero-order valence-electron chi connectivity index (χ0n) is 7.96. The van der Waals surface area contributed by atoms with E-state index in [-0.39, 0.29) is 0 Å². The maximum atomic E-state index is 3.62. The van der Waals surface area contributed by atoms with Crippen LogP contribution >= 0.6 is 39.0 Å². The van der Waals surface area contributed by atoms with Crippen LogP contribution in [0.15, 0.2) is 15.2 Å². The largest absolute Gasteiger partial charge is 0.309 e. The van der Waals surface area contributed by atoms with Crippen LogP contribution in [0.1, 0.15) is 18.4 Å². The molecule has 2 rings (SSSR count). The highest BCUT2D eigenvalue weighted by Gasteiger charge is 2.12. The molecule has 0 radical (unpaired) electrons. The smallest absolute Gasteiger partial charge is 0.0701 e. The number of thiophene rings is 1. The van der Waals surface area contributed by atoms with Crippen LogP contribution in [0.3, 0.4) is 0 Å². The second-order valence-electron chi connectivity index (χ2n) is 3.55. The number of hydrogen-bond donors (Lipinski definition) is 1. The second kappa shape index (κ2) is 5.54. The van der Waals surface area contributed by atoms with Gasteiger partial charge in [-0.05, 0) is 51.5 Å². The van der Waals surface area contributed by atoms with Gasteiger partial charge in [-0.3, -0.25) is 0 Å². The molecule has 1 aliphatic heterocycles. The van der Waals surface area contributed by atoms with Gasteiger partial charge in [-0.1, -0.05) is 0 Å². The van der Waals surface area contributed by atoms with Crippen molar-refractivity contribution in [1.82, 2.24) is 5.32 Å². The molecule has 1 saturated heterocycles. The Labute approximate surface area is 102 Å². The molecule has 1 fully saturated rings. The fourth-order valence-corrected chi connectivity index (χ4v) is 3.92. The first-order chi connectivity index (χ1) is 6.84. The van der Waals surface area contributed by atoms with E-state index in [0.29, 0.717) is 0 Å². The predicted molar refractivity (Wildman–Crippen MR) is 69.2 cm³/mol. The molecule has 0 bridgehead atoms. The second-order valence-corrected chi connectivity index (χ2v) is 6.99. The van der Waals surface area contributed by atoms with E-state index < -0.39 is 0 Å². The average molecular weight is 292 g/mol. The molecule has 78 valence electrons. The van der Waals surface area contributed by atoms with Gasteiger partial charge in [-0.2, -0.15) is 11.8 Å². The monoisotopic (exact) mass is 291 g/mol. The maximum Gasteiger partial charge on any atom is 0.0701 e. The molecule has 0 saturated carbocycles. The van der Waals surface area contributed by atoms with Gasteiger partial charge >= 0.3 is 0 Å². The summed E-state index contributed by atoms with van der Waals surface area (Å²) in [5.74, 6) is 2.63. The Morgan fingerprint density at radius 2 is 2.50 bits per heavy atom. The van der Waals surface area contributed by atoms with Crippen molar-refractivity contribution in [2.45, 2.75) is 25.4 Å². The van der Waals surface area contributed by atoms with Gasteiger partial charge in [-0.25, -0.2) is 0 Å². The molecule has 0 aliphatic carbocycles. The van der Waals surface area contributed by atoms with Crippen molar-refractivity contribution in [2.24, 2.45) is 0 Å². The van der Waals surface area contributed by atoms with Crippen molar-refractivity contribution in [3.05, 3.63) is 20.8 Å². The topological polar surface area (TPSA) is 12.0 Å². The fraction of sp³-hybridized carbons (Fsp3) is 0.600.